The lowest BCUT2D eigenvalue weighted by atomic mass is 9.26. The lowest BCUT2D eigenvalue weighted by Crippen LogP contribution is -2.80. The van der Waals surface area contributed by atoms with Crippen LogP contribution in [0.1, 0.15) is 0 Å². The molecule has 0 aliphatic heterocycles. The van der Waals surface area contributed by atoms with Gasteiger partial charge in [-0.2, -0.15) is 0 Å². The number of nitrogens with zero attached hydrogens (tertiary/aromatic N) is 2. The summed E-state index contributed by atoms with van der Waals surface area (Å²) in [5.74, 6) is 0.841. The molecular formula is C12H18B2F12N2. The van der Waals surface area contributed by atoms with Gasteiger partial charge >= 0.3 is 36.9 Å². The minimum Gasteiger partial charge on any atom is -0.500 e. The normalized spacial score (nSPS) is 15.9. The molecular weight excluding hydrogens is 422 g/mol. The first-order valence-electron chi connectivity index (χ1n) is 7.45. The lowest BCUT2D eigenvalue weighted by molar-refractivity contribution is -0.779. The van der Waals surface area contributed by atoms with Gasteiger partial charge in [-0.1, -0.05) is 0 Å². The Labute approximate surface area is 153 Å². The van der Waals surface area contributed by atoms with E-state index in [0.29, 0.717) is 53.9 Å². The monoisotopic (exact) mass is 440 g/mol. The number of rotatable bonds is 2. The zero-order valence-electron chi connectivity index (χ0n) is 15.6. The second-order valence-corrected chi connectivity index (χ2v) is 8.33. The summed E-state index contributed by atoms with van der Waals surface area (Å²) in [7, 11) is 2.07. The second-order valence-electron chi connectivity index (χ2n) is 8.33. The van der Waals surface area contributed by atoms with Crippen molar-refractivity contribution >= 4 is 12.6 Å². The average Bonchev–Trinajstić information content (AvgIpc) is 2.23. The Hall–Kier alpha value is -1.23. The Morgan fingerprint density at radius 1 is 0.429 bits per heavy atom. The third kappa shape index (κ3) is 3.92. The maximum absolute atomic E-state index is 13.5. The van der Waals surface area contributed by atoms with Gasteiger partial charge in [-0.25, -0.2) is 52.7 Å². The molecule has 166 valence electrons. The van der Waals surface area contributed by atoms with Crippen LogP contribution in [0.2, 0.25) is 0 Å². The summed E-state index contributed by atoms with van der Waals surface area (Å²) in [5, 5.41) is 0. The van der Waals surface area contributed by atoms with E-state index in [1.54, 1.807) is 0 Å². The Balaban J connectivity index is 7.58. The molecule has 0 rings (SSSR count). The minimum absolute atomic E-state index is 0.345. The highest BCUT2D eigenvalue weighted by atomic mass is 19.4. The van der Waals surface area contributed by atoms with E-state index >= 15 is 0 Å². The highest BCUT2D eigenvalue weighted by Gasteiger charge is 2.78. The molecule has 0 aromatic heterocycles. The highest BCUT2D eigenvalue weighted by Crippen LogP contribution is 2.47. The van der Waals surface area contributed by atoms with E-state index in [-0.39, 0.29) is 0 Å². The molecule has 0 bridgehead atoms. The first-order valence-corrected chi connectivity index (χ1v) is 7.45. The number of alkyl halides is 12. The Morgan fingerprint density at radius 3 is 0.643 bits per heavy atom. The van der Waals surface area contributed by atoms with E-state index in [9.17, 15) is 52.7 Å². The van der Waals surface area contributed by atoms with Crippen LogP contribution in [-0.4, -0.2) is 87.9 Å². The molecule has 0 radical (unpaired) electrons. The summed E-state index contributed by atoms with van der Waals surface area (Å²) in [6, 6.07) is 0. The van der Waals surface area contributed by atoms with Gasteiger partial charge in [-0.15, -0.1) is 0 Å². The highest BCUT2D eigenvalue weighted by molar-refractivity contribution is 6.89. The average molecular weight is 440 g/mol. The fourth-order valence-corrected chi connectivity index (χ4v) is 3.08. The maximum Gasteiger partial charge on any atom is 0.479 e. The Morgan fingerprint density at radius 2 is 0.571 bits per heavy atom. The number of halogens is 12. The molecule has 0 aromatic carbocycles. The van der Waals surface area contributed by atoms with Crippen molar-refractivity contribution in [2.45, 2.75) is 24.3 Å². The van der Waals surface area contributed by atoms with Crippen molar-refractivity contribution in [1.29, 1.82) is 0 Å². The molecule has 0 amide bonds. The summed E-state index contributed by atoms with van der Waals surface area (Å²) in [5.41, 5.74) is 0. The summed E-state index contributed by atoms with van der Waals surface area (Å²) in [6.07, 6.45) is -37.2. The van der Waals surface area contributed by atoms with Crippen LogP contribution < -0.4 is 0 Å². The van der Waals surface area contributed by atoms with Crippen molar-refractivity contribution in [2.24, 2.45) is 0 Å². The van der Waals surface area contributed by atoms with Gasteiger partial charge in [0.1, 0.15) is 0 Å². The Kier molecular flexibility index (Phi) is 6.36. The molecule has 0 fully saturated rings. The van der Waals surface area contributed by atoms with Gasteiger partial charge in [0.25, 0.3) is 0 Å². The molecule has 0 atom stereocenters. The maximum atomic E-state index is 13.5. The van der Waals surface area contributed by atoms with Crippen molar-refractivity contribution in [1.82, 2.24) is 0 Å². The fourth-order valence-electron chi connectivity index (χ4n) is 3.08. The molecule has 0 N–H and O–H groups in total. The van der Waals surface area contributed by atoms with Gasteiger partial charge in [0.15, 0.2) is 0 Å². The molecule has 0 aliphatic rings. The molecule has 0 heterocycles. The standard InChI is InChI=1S/C12H18B2F12N2/c1-27(2,3)13(9(15,16)17,10(18,19)20)7-8-14(11(21,22)23,12(24,25)26)28(4,5)6/h1-6H3. The van der Waals surface area contributed by atoms with E-state index in [1.807, 2.05) is 0 Å². The largest absolute Gasteiger partial charge is 0.500 e. The van der Waals surface area contributed by atoms with Crippen LogP contribution in [-0.2, 0) is 0 Å². The summed E-state index contributed by atoms with van der Waals surface area (Å²) < 4.78 is 157. The van der Waals surface area contributed by atoms with Crippen molar-refractivity contribution in [2.75, 3.05) is 42.3 Å². The van der Waals surface area contributed by atoms with Crippen LogP contribution in [0.15, 0.2) is 0 Å². The van der Waals surface area contributed by atoms with Crippen LogP contribution >= 0.6 is 0 Å². The molecule has 0 aromatic rings. The quantitative estimate of drug-likeness (QED) is 0.349. The van der Waals surface area contributed by atoms with E-state index in [1.165, 1.54) is 0 Å². The molecule has 28 heavy (non-hydrogen) atoms. The summed E-state index contributed by atoms with van der Waals surface area (Å²) in [4.78, 5) is 0. The van der Waals surface area contributed by atoms with Gasteiger partial charge in [0.2, 0.25) is 0 Å². The van der Waals surface area contributed by atoms with Gasteiger partial charge < -0.3 is 8.79 Å². The number of quaternary nitrogens is 2. The lowest BCUT2D eigenvalue weighted by Gasteiger charge is -2.53. The fraction of sp³-hybridized carbons (Fsp3) is 0.833. The number of hydrogen-bond acceptors (Lipinski definition) is 0. The van der Waals surface area contributed by atoms with E-state index in [0.717, 1.165) is 0 Å². The number of hydrogen-bond donors (Lipinski definition) is 0. The summed E-state index contributed by atoms with van der Waals surface area (Å²) in [6.45, 7) is 0. The van der Waals surface area contributed by atoms with E-state index in [2.05, 4.69) is 0 Å². The van der Waals surface area contributed by atoms with Gasteiger partial charge in [0.05, 0.1) is 0 Å². The third-order valence-electron chi connectivity index (χ3n) is 4.72. The zero-order valence-corrected chi connectivity index (χ0v) is 15.6. The van der Waals surface area contributed by atoms with Crippen molar-refractivity contribution in [3.8, 4) is 11.6 Å². The van der Waals surface area contributed by atoms with Crippen LogP contribution in [0.25, 0.3) is 0 Å². The third-order valence-corrected chi connectivity index (χ3v) is 4.72. The molecule has 0 spiro atoms. The predicted molar refractivity (Wildman–Crippen MR) is 79.6 cm³/mol. The molecule has 0 aliphatic carbocycles. The minimum atomic E-state index is -6.27. The first kappa shape index (κ1) is 26.8. The molecule has 0 saturated heterocycles. The van der Waals surface area contributed by atoms with E-state index in [4.69, 9.17) is 0 Å². The van der Waals surface area contributed by atoms with E-state index < -0.39 is 45.7 Å². The van der Waals surface area contributed by atoms with Crippen molar-refractivity contribution in [3.63, 3.8) is 0 Å². The topological polar surface area (TPSA) is 0 Å². The predicted octanol–water partition coefficient (Wildman–Crippen LogP) is 3.78. The van der Waals surface area contributed by atoms with Crippen molar-refractivity contribution < 1.29 is 61.5 Å². The van der Waals surface area contributed by atoms with Crippen molar-refractivity contribution in [3.05, 3.63) is 0 Å². The zero-order chi connectivity index (χ0) is 23.4. The van der Waals surface area contributed by atoms with Gasteiger partial charge in [-0.3, -0.25) is 11.6 Å². The molecule has 0 unspecified atom stereocenters. The van der Waals surface area contributed by atoms with Crippen LogP contribution in [0.4, 0.5) is 52.7 Å². The first-order chi connectivity index (χ1) is 11.7. The smallest absolute Gasteiger partial charge is 0.479 e. The molecule has 0 saturated carbocycles. The second kappa shape index (κ2) is 6.65. The molecule has 16 heteroatoms. The molecule has 2 nitrogen and oxygen atoms in total. The van der Waals surface area contributed by atoms with Gasteiger partial charge in [-0.05, 0) is 0 Å². The van der Waals surface area contributed by atoms with Gasteiger partial charge in [0, 0.05) is 42.3 Å². The Bertz CT molecular complexity index is 508. The van der Waals surface area contributed by atoms with Crippen LogP contribution in [0, 0.1) is 11.6 Å². The summed E-state index contributed by atoms with van der Waals surface area (Å²) >= 11 is 0. The SMILES string of the molecule is C[N+](C)(C)[B-](C#C[B-](C(F)(F)F)(C(F)(F)F)[N+](C)(C)C)(C(F)(F)F)C(F)(F)F. The van der Waals surface area contributed by atoms with Crippen LogP contribution in [0.3, 0.4) is 0 Å². The van der Waals surface area contributed by atoms with Crippen LogP contribution in [0.5, 0.6) is 0 Å².